The van der Waals surface area contributed by atoms with Gasteiger partial charge in [-0.2, -0.15) is 0 Å². The van der Waals surface area contributed by atoms with Gasteiger partial charge in [0.1, 0.15) is 5.37 Å². The van der Waals surface area contributed by atoms with Crippen LogP contribution in [0.4, 0.5) is 0 Å². The van der Waals surface area contributed by atoms with Crippen molar-refractivity contribution in [1.82, 2.24) is 9.47 Å². The molecule has 4 nitrogen and oxygen atoms in total. The van der Waals surface area contributed by atoms with Gasteiger partial charge in [-0.3, -0.25) is 4.79 Å². The Morgan fingerprint density at radius 2 is 2.27 bits per heavy atom. The summed E-state index contributed by atoms with van der Waals surface area (Å²) in [4.78, 5) is 13.9. The van der Waals surface area contributed by atoms with E-state index in [-0.39, 0.29) is 11.3 Å². The fraction of sp³-hybridized carbons (Fsp3) is 0.312. The first-order valence-corrected chi connectivity index (χ1v) is 8.45. The van der Waals surface area contributed by atoms with E-state index in [1.165, 1.54) is 0 Å². The number of aromatic nitrogens is 1. The standard InChI is InChI=1S/C16H17ClN2O2S/c1-21-8-7-19-15(20)11-22-16(19)12-5-6-18(10-12)14-4-2-3-13(17)9-14/h2-6,9-10,16H,7-8,11H2,1H3/t16-/m1/s1. The van der Waals surface area contributed by atoms with E-state index in [1.807, 2.05) is 39.9 Å². The van der Waals surface area contributed by atoms with Gasteiger partial charge in [-0.05, 0) is 24.3 Å². The lowest BCUT2D eigenvalue weighted by atomic mass is 10.3. The zero-order chi connectivity index (χ0) is 15.5. The molecule has 1 aliphatic rings. The molecule has 1 saturated heterocycles. The van der Waals surface area contributed by atoms with Crippen molar-refractivity contribution >= 4 is 29.3 Å². The van der Waals surface area contributed by atoms with Gasteiger partial charge >= 0.3 is 0 Å². The number of ether oxygens (including phenoxy) is 1. The second-order valence-electron chi connectivity index (χ2n) is 5.08. The van der Waals surface area contributed by atoms with Crippen LogP contribution < -0.4 is 0 Å². The van der Waals surface area contributed by atoms with Crippen molar-refractivity contribution in [2.45, 2.75) is 5.37 Å². The van der Waals surface area contributed by atoms with Gasteiger partial charge in [0.2, 0.25) is 5.91 Å². The Morgan fingerprint density at radius 3 is 3.05 bits per heavy atom. The second-order valence-corrected chi connectivity index (χ2v) is 6.58. The van der Waals surface area contributed by atoms with Gasteiger partial charge < -0.3 is 14.2 Å². The molecule has 6 heteroatoms. The summed E-state index contributed by atoms with van der Waals surface area (Å²) in [6.45, 7) is 1.17. The SMILES string of the molecule is COCCN1C(=O)CS[C@@H]1c1ccn(-c2cccc(Cl)c2)c1. The minimum Gasteiger partial charge on any atom is -0.383 e. The molecule has 1 aliphatic heterocycles. The zero-order valence-corrected chi connectivity index (χ0v) is 13.8. The van der Waals surface area contributed by atoms with E-state index in [0.717, 1.165) is 11.3 Å². The Bertz CT molecular complexity index is 674. The molecule has 2 aromatic rings. The number of nitrogens with zero attached hydrogens (tertiary/aromatic N) is 2. The Balaban J connectivity index is 1.82. The molecule has 0 bridgehead atoms. The molecule has 116 valence electrons. The summed E-state index contributed by atoms with van der Waals surface area (Å²) in [5.74, 6) is 0.694. The van der Waals surface area contributed by atoms with Gasteiger partial charge in [-0.15, -0.1) is 11.8 Å². The summed E-state index contributed by atoms with van der Waals surface area (Å²) in [5, 5.41) is 0.767. The minimum absolute atomic E-state index is 0.0584. The van der Waals surface area contributed by atoms with Crippen LogP contribution in [0.15, 0.2) is 42.7 Å². The van der Waals surface area contributed by atoms with E-state index in [0.29, 0.717) is 23.9 Å². The van der Waals surface area contributed by atoms with E-state index >= 15 is 0 Å². The third-order valence-corrected chi connectivity index (χ3v) is 5.10. The highest BCUT2D eigenvalue weighted by atomic mass is 35.5. The smallest absolute Gasteiger partial charge is 0.233 e. The van der Waals surface area contributed by atoms with E-state index < -0.39 is 0 Å². The van der Waals surface area contributed by atoms with Gasteiger partial charge in [0, 0.05) is 42.3 Å². The summed E-state index contributed by atoms with van der Waals surface area (Å²) in [5.41, 5.74) is 2.13. The number of benzene rings is 1. The molecule has 0 spiro atoms. The number of carbonyl (C=O) groups excluding carboxylic acids is 1. The summed E-state index contributed by atoms with van der Waals surface area (Å²) in [6.07, 6.45) is 4.06. The first-order chi connectivity index (χ1) is 10.7. The third kappa shape index (κ3) is 3.16. The largest absolute Gasteiger partial charge is 0.383 e. The Hall–Kier alpha value is -1.43. The molecule has 0 saturated carbocycles. The summed E-state index contributed by atoms with van der Waals surface area (Å²) in [7, 11) is 1.65. The number of rotatable bonds is 5. The number of methoxy groups -OCH3 is 1. The van der Waals surface area contributed by atoms with Crippen molar-refractivity contribution in [3.8, 4) is 5.69 Å². The molecule has 0 unspecified atom stereocenters. The van der Waals surface area contributed by atoms with Crippen molar-refractivity contribution < 1.29 is 9.53 Å². The Kier molecular flexibility index (Phi) is 4.76. The fourth-order valence-corrected chi connectivity index (χ4v) is 3.90. The molecule has 1 amide bonds. The fourth-order valence-electron chi connectivity index (χ4n) is 2.52. The zero-order valence-electron chi connectivity index (χ0n) is 12.2. The monoisotopic (exact) mass is 336 g/mol. The van der Waals surface area contributed by atoms with Crippen LogP contribution in [0.5, 0.6) is 0 Å². The third-order valence-electron chi connectivity index (χ3n) is 3.61. The van der Waals surface area contributed by atoms with Gasteiger partial charge in [0.15, 0.2) is 0 Å². The molecule has 0 radical (unpaired) electrons. The molecule has 1 aromatic carbocycles. The van der Waals surface area contributed by atoms with Crippen LogP contribution in [0.1, 0.15) is 10.9 Å². The summed E-state index contributed by atoms with van der Waals surface area (Å²) >= 11 is 7.70. The van der Waals surface area contributed by atoms with Crippen LogP contribution in [-0.2, 0) is 9.53 Å². The van der Waals surface area contributed by atoms with E-state index in [4.69, 9.17) is 16.3 Å². The van der Waals surface area contributed by atoms with Gasteiger partial charge in [0.05, 0.1) is 12.4 Å². The summed E-state index contributed by atoms with van der Waals surface area (Å²) in [6, 6.07) is 9.76. The van der Waals surface area contributed by atoms with Crippen molar-refractivity contribution in [2.75, 3.05) is 26.0 Å². The average Bonchev–Trinajstić information content (AvgIpc) is 3.12. The van der Waals surface area contributed by atoms with Crippen molar-refractivity contribution in [3.63, 3.8) is 0 Å². The topological polar surface area (TPSA) is 34.5 Å². The maximum atomic E-state index is 12.0. The highest BCUT2D eigenvalue weighted by Gasteiger charge is 2.32. The van der Waals surface area contributed by atoms with Crippen LogP contribution in [0, 0.1) is 0 Å². The molecule has 1 fully saturated rings. The van der Waals surface area contributed by atoms with Crippen molar-refractivity contribution in [1.29, 1.82) is 0 Å². The van der Waals surface area contributed by atoms with Crippen LogP contribution in [-0.4, -0.2) is 41.4 Å². The molecule has 3 rings (SSSR count). The average molecular weight is 337 g/mol. The predicted molar refractivity (Wildman–Crippen MR) is 89.6 cm³/mol. The lowest BCUT2D eigenvalue weighted by Gasteiger charge is -2.22. The number of carbonyl (C=O) groups is 1. The van der Waals surface area contributed by atoms with Crippen LogP contribution in [0.2, 0.25) is 5.02 Å². The maximum absolute atomic E-state index is 12.0. The van der Waals surface area contributed by atoms with E-state index in [2.05, 4.69) is 12.3 Å². The van der Waals surface area contributed by atoms with Gasteiger partial charge in [0.25, 0.3) is 0 Å². The van der Waals surface area contributed by atoms with Crippen molar-refractivity contribution in [2.24, 2.45) is 0 Å². The highest BCUT2D eigenvalue weighted by Crippen LogP contribution is 2.38. The maximum Gasteiger partial charge on any atom is 0.233 e. The second kappa shape index (κ2) is 6.77. The quantitative estimate of drug-likeness (QED) is 0.839. The number of thioether (sulfide) groups is 1. The van der Waals surface area contributed by atoms with E-state index in [9.17, 15) is 4.79 Å². The number of halogens is 1. The number of hydrogen-bond donors (Lipinski definition) is 0. The molecule has 0 N–H and O–H groups in total. The molecule has 1 aromatic heterocycles. The number of hydrogen-bond acceptors (Lipinski definition) is 3. The van der Waals surface area contributed by atoms with Crippen LogP contribution in [0.3, 0.4) is 0 Å². The molecular weight excluding hydrogens is 320 g/mol. The lowest BCUT2D eigenvalue weighted by Crippen LogP contribution is -2.31. The predicted octanol–water partition coefficient (Wildman–Crippen LogP) is 3.35. The van der Waals surface area contributed by atoms with Crippen molar-refractivity contribution in [3.05, 3.63) is 53.3 Å². The van der Waals surface area contributed by atoms with Gasteiger partial charge in [-0.25, -0.2) is 0 Å². The molecule has 1 atom stereocenters. The van der Waals surface area contributed by atoms with Gasteiger partial charge in [-0.1, -0.05) is 17.7 Å². The summed E-state index contributed by atoms with van der Waals surface area (Å²) < 4.78 is 7.13. The molecule has 22 heavy (non-hydrogen) atoms. The first-order valence-electron chi connectivity index (χ1n) is 7.03. The Labute approximate surface area is 139 Å². The molecule has 0 aliphatic carbocycles. The highest BCUT2D eigenvalue weighted by molar-refractivity contribution is 8.00. The molecule has 2 heterocycles. The minimum atomic E-state index is 0.0584. The normalized spacial score (nSPS) is 18.2. The number of amides is 1. The first kappa shape index (κ1) is 15.5. The lowest BCUT2D eigenvalue weighted by molar-refractivity contribution is -0.128. The molecular formula is C16H17ClN2O2S. The Morgan fingerprint density at radius 1 is 1.41 bits per heavy atom. The van der Waals surface area contributed by atoms with E-state index in [1.54, 1.807) is 18.9 Å². The van der Waals surface area contributed by atoms with Crippen LogP contribution in [0.25, 0.3) is 5.69 Å². The van der Waals surface area contributed by atoms with Crippen LogP contribution >= 0.6 is 23.4 Å².